The van der Waals surface area contributed by atoms with E-state index < -0.39 is 24.5 Å². The second-order valence-corrected chi connectivity index (χ2v) is 9.23. The van der Waals surface area contributed by atoms with Gasteiger partial charge in [0, 0.05) is 13.1 Å². The summed E-state index contributed by atoms with van der Waals surface area (Å²) in [5.74, 6) is -3.70. The Morgan fingerprint density at radius 3 is 2.84 bits per heavy atom. The molecule has 3 aromatic heterocycles. The molecule has 2 aliphatic heterocycles. The third kappa shape index (κ3) is 4.13. The lowest BCUT2D eigenvalue weighted by Gasteiger charge is -2.34. The maximum atomic E-state index is 15.3. The van der Waals surface area contributed by atoms with E-state index in [-0.39, 0.29) is 48.5 Å². The maximum absolute atomic E-state index is 15.3. The second kappa shape index (κ2) is 9.10. The zero-order chi connectivity index (χ0) is 25.7. The van der Waals surface area contributed by atoms with Gasteiger partial charge in [-0.25, -0.2) is 22.4 Å². The lowest BCUT2D eigenvalue weighted by atomic mass is 10.1. The number of aryl methyl sites for hydroxylation is 1. The molecule has 0 spiro atoms. The van der Waals surface area contributed by atoms with Gasteiger partial charge in [0.05, 0.1) is 56.9 Å². The molecule has 1 N–H and O–H groups in total. The molecule has 2 saturated heterocycles. The largest absolute Gasteiger partial charge is 0.479 e. The molecule has 0 unspecified atom stereocenters. The number of methoxy groups -OCH3 is 1. The molecule has 1 aromatic carbocycles. The van der Waals surface area contributed by atoms with E-state index in [4.69, 9.17) is 9.47 Å². The topological polar surface area (TPSA) is 94.6 Å². The number of halogens is 4. The zero-order valence-corrected chi connectivity index (χ0v) is 19.9. The van der Waals surface area contributed by atoms with Crippen molar-refractivity contribution in [2.45, 2.75) is 31.0 Å². The number of alkyl halides is 3. The Kier molecular flexibility index (Phi) is 5.87. The first-order chi connectivity index (χ1) is 17.9. The molecule has 0 aliphatic carbocycles. The minimum atomic E-state index is -3.01. The standard InChI is InChI=1S/C23H24F4N8O2/c1-36-21-20-19(13-3-4-16-17(7-13)34(32-30-16)6-2-5-24)15(25)8-35(20)31-22(29-21)28-18-9-33(12-23(18,26)27)14-10-37-11-14/h3-4,7-8,14,18H,2,5-6,9-12H2,1H3,(H,28,31)/t18-/m1/s1. The molecule has 0 radical (unpaired) electrons. The summed E-state index contributed by atoms with van der Waals surface area (Å²) >= 11 is 0. The van der Waals surface area contributed by atoms with E-state index in [0.29, 0.717) is 36.4 Å². The number of likely N-dealkylation sites (tertiary alicyclic amines) is 1. The average Bonchev–Trinajstić information content (AvgIpc) is 3.48. The van der Waals surface area contributed by atoms with Crippen LogP contribution in [-0.2, 0) is 11.3 Å². The molecule has 37 heavy (non-hydrogen) atoms. The Hall–Kier alpha value is -3.52. The van der Waals surface area contributed by atoms with E-state index in [1.54, 1.807) is 27.8 Å². The molecule has 2 aliphatic rings. The van der Waals surface area contributed by atoms with Gasteiger partial charge in [0.2, 0.25) is 11.8 Å². The number of hydrogen-bond acceptors (Lipinski definition) is 8. The molecule has 1 atom stereocenters. The van der Waals surface area contributed by atoms with E-state index in [9.17, 15) is 13.2 Å². The van der Waals surface area contributed by atoms with Crippen LogP contribution in [0.4, 0.5) is 23.5 Å². The van der Waals surface area contributed by atoms with Gasteiger partial charge in [-0.1, -0.05) is 11.3 Å². The molecule has 6 rings (SSSR count). The molecular formula is C23H24F4N8O2. The molecule has 2 fully saturated rings. The quantitative estimate of drug-likeness (QED) is 0.355. The van der Waals surface area contributed by atoms with Crippen molar-refractivity contribution in [2.24, 2.45) is 0 Å². The fourth-order valence-corrected chi connectivity index (χ4v) is 4.83. The highest BCUT2D eigenvalue weighted by atomic mass is 19.3. The first kappa shape index (κ1) is 23.9. The average molecular weight is 520 g/mol. The van der Waals surface area contributed by atoms with Gasteiger partial charge in [0.25, 0.3) is 5.92 Å². The van der Waals surface area contributed by atoms with Crippen LogP contribution in [0.15, 0.2) is 24.4 Å². The third-order valence-electron chi connectivity index (χ3n) is 6.83. The van der Waals surface area contributed by atoms with E-state index >= 15 is 4.39 Å². The number of ether oxygens (including phenoxy) is 2. The summed E-state index contributed by atoms with van der Waals surface area (Å²) in [6.07, 6.45) is 1.42. The van der Waals surface area contributed by atoms with Crippen molar-refractivity contribution in [3.63, 3.8) is 0 Å². The van der Waals surface area contributed by atoms with Crippen LogP contribution < -0.4 is 10.1 Å². The van der Waals surface area contributed by atoms with Gasteiger partial charge in [0.1, 0.15) is 17.1 Å². The molecule has 14 heteroatoms. The van der Waals surface area contributed by atoms with E-state index in [1.807, 2.05) is 0 Å². The van der Waals surface area contributed by atoms with Crippen molar-refractivity contribution in [3.05, 3.63) is 30.2 Å². The van der Waals surface area contributed by atoms with Crippen molar-refractivity contribution in [3.8, 4) is 17.0 Å². The summed E-state index contributed by atoms with van der Waals surface area (Å²) in [7, 11) is 1.36. The van der Waals surface area contributed by atoms with Crippen LogP contribution >= 0.6 is 0 Å². The molecule has 4 aromatic rings. The van der Waals surface area contributed by atoms with Crippen LogP contribution in [-0.4, -0.2) is 92.6 Å². The predicted molar refractivity (Wildman–Crippen MR) is 125 cm³/mol. The summed E-state index contributed by atoms with van der Waals surface area (Å²) in [6.45, 7) is 0.407. The van der Waals surface area contributed by atoms with Gasteiger partial charge in [-0.15, -0.1) is 10.2 Å². The summed E-state index contributed by atoms with van der Waals surface area (Å²) in [5.41, 5.74) is 2.10. The second-order valence-electron chi connectivity index (χ2n) is 9.23. The monoisotopic (exact) mass is 520 g/mol. The predicted octanol–water partition coefficient (Wildman–Crippen LogP) is 2.78. The Bertz CT molecular complexity index is 1450. The van der Waals surface area contributed by atoms with Crippen LogP contribution in [0.5, 0.6) is 5.88 Å². The number of nitrogens with one attached hydrogen (secondary N) is 1. The Balaban J connectivity index is 1.35. The summed E-state index contributed by atoms with van der Waals surface area (Å²) in [4.78, 5) is 5.97. The molecule has 5 heterocycles. The molecule has 0 saturated carbocycles. The van der Waals surface area contributed by atoms with Crippen LogP contribution in [0.1, 0.15) is 6.42 Å². The molecular weight excluding hydrogens is 496 g/mol. The van der Waals surface area contributed by atoms with Gasteiger partial charge in [-0.05, 0) is 24.1 Å². The van der Waals surface area contributed by atoms with Crippen molar-refractivity contribution < 1.29 is 27.0 Å². The van der Waals surface area contributed by atoms with Gasteiger partial charge in [-0.2, -0.15) is 4.98 Å². The number of anilines is 1. The molecule has 0 bridgehead atoms. The van der Waals surface area contributed by atoms with Crippen LogP contribution in [0.2, 0.25) is 0 Å². The molecule has 10 nitrogen and oxygen atoms in total. The van der Waals surface area contributed by atoms with E-state index in [0.717, 1.165) is 6.20 Å². The fourth-order valence-electron chi connectivity index (χ4n) is 4.83. The zero-order valence-electron chi connectivity index (χ0n) is 19.9. The summed E-state index contributed by atoms with van der Waals surface area (Å²) < 4.78 is 70.8. The number of fused-ring (bicyclic) bond motifs is 2. The van der Waals surface area contributed by atoms with Crippen molar-refractivity contribution in [1.29, 1.82) is 0 Å². The summed E-state index contributed by atoms with van der Waals surface area (Å²) in [5, 5.41) is 15.1. The number of aromatic nitrogens is 6. The van der Waals surface area contributed by atoms with Crippen molar-refractivity contribution in [1.82, 2.24) is 34.5 Å². The summed E-state index contributed by atoms with van der Waals surface area (Å²) in [6, 6.07) is 3.82. The maximum Gasteiger partial charge on any atom is 0.281 e. The van der Waals surface area contributed by atoms with E-state index in [1.165, 1.54) is 11.6 Å². The Morgan fingerprint density at radius 1 is 1.27 bits per heavy atom. The van der Waals surface area contributed by atoms with Crippen LogP contribution in [0.25, 0.3) is 27.7 Å². The normalized spacial score (nSPS) is 20.1. The Labute approximate surface area is 208 Å². The first-order valence-corrected chi connectivity index (χ1v) is 11.9. The van der Waals surface area contributed by atoms with Crippen LogP contribution in [0.3, 0.4) is 0 Å². The highest BCUT2D eigenvalue weighted by Gasteiger charge is 2.51. The van der Waals surface area contributed by atoms with E-state index in [2.05, 4.69) is 25.7 Å². The number of hydrogen-bond donors (Lipinski definition) is 1. The van der Waals surface area contributed by atoms with Gasteiger partial charge in [-0.3, -0.25) is 9.29 Å². The van der Waals surface area contributed by atoms with Crippen LogP contribution in [0, 0.1) is 5.82 Å². The SMILES string of the molecule is COc1nc(N[C@@H]2CN(C3COC3)CC2(F)F)nn2cc(F)c(-c3ccc4nnn(CCCF)c4c3)c12. The highest BCUT2D eigenvalue weighted by Crippen LogP contribution is 2.36. The van der Waals surface area contributed by atoms with Gasteiger partial charge >= 0.3 is 0 Å². The Morgan fingerprint density at radius 2 is 2.11 bits per heavy atom. The van der Waals surface area contributed by atoms with Crippen molar-refractivity contribution in [2.75, 3.05) is 45.4 Å². The number of nitrogens with zero attached hydrogens (tertiary/aromatic N) is 7. The minimum Gasteiger partial charge on any atom is -0.479 e. The van der Waals surface area contributed by atoms with Gasteiger partial charge in [0.15, 0.2) is 5.82 Å². The molecule has 0 amide bonds. The fraction of sp³-hybridized carbons (Fsp3) is 0.478. The third-order valence-corrected chi connectivity index (χ3v) is 6.83. The smallest absolute Gasteiger partial charge is 0.281 e. The van der Waals surface area contributed by atoms with Gasteiger partial charge < -0.3 is 14.8 Å². The number of rotatable bonds is 8. The van der Waals surface area contributed by atoms with Crippen molar-refractivity contribution >= 4 is 22.5 Å². The lowest BCUT2D eigenvalue weighted by molar-refractivity contribution is -0.0711. The lowest BCUT2D eigenvalue weighted by Crippen LogP contribution is -2.48. The first-order valence-electron chi connectivity index (χ1n) is 11.9. The number of benzene rings is 1. The highest BCUT2D eigenvalue weighted by molar-refractivity contribution is 5.89. The molecule has 196 valence electrons. The minimum absolute atomic E-state index is 0.0196.